The number of hydrogen-bond acceptors (Lipinski definition) is 5. The maximum atomic E-state index is 12.7. The molecule has 0 radical (unpaired) electrons. The summed E-state index contributed by atoms with van der Waals surface area (Å²) in [6.45, 7) is 6.24. The largest absolute Gasteiger partial charge is 0.380 e. The lowest BCUT2D eigenvalue weighted by Gasteiger charge is -2.43. The average molecular weight is 534 g/mol. The minimum atomic E-state index is -1.16. The van der Waals surface area contributed by atoms with Crippen molar-refractivity contribution in [2.45, 2.75) is 32.3 Å². The Balaban J connectivity index is 1.59. The van der Waals surface area contributed by atoms with Crippen molar-refractivity contribution < 1.29 is 9.90 Å². The minimum absolute atomic E-state index is 0.0425. The molecule has 3 aromatic carbocycles. The van der Waals surface area contributed by atoms with E-state index >= 15 is 0 Å². The van der Waals surface area contributed by atoms with E-state index in [-0.39, 0.29) is 11.8 Å². The van der Waals surface area contributed by atoms with Gasteiger partial charge in [0.25, 0.3) is 5.91 Å². The van der Waals surface area contributed by atoms with Gasteiger partial charge in [0.05, 0.1) is 17.8 Å². The number of aliphatic imine (C=N–C) groups is 1. The van der Waals surface area contributed by atoms with Gasteiger partial charge in [-0.05, 0) is 68.0 Å². The molecule has 0 bridgehead atoms. The Morgan fingerprint density at radius 2 is 1.43 bits per heavy atom. The molecule has 0 aromatic heterocycles. The first-order valence-corrected chi connectivity index (χ1v) is 13.8. The van der Waals surface area contributed by atoms with E-state index in [1.54, 1.807) is 29.2 Å². The molecule has 0 unspecified atom stereocenters. The molecule has 1 N–H and O–H groups in total. The predicted octanol–water partition coefficient (Wildman–Crippen LogP) is 5.51. The number of hydrogen-bond donors (Lipinski definition) is 1. The molecule has 1 saturated heterocycles. The van der Waals surface area contributed by atoms with Crippen LogP contribution in [-0.2, 0) is 5.60 Å². The van der Waals surface area contributed by atoms with Crippen LogP contribution in [0.4, 0.5) is 5.69 Å². The van der Waals surface area contributed by atoms with E-state index in [0.717, 1.165) is 11.1 Å². The molecular formula is C33H35N5O2. The van der Waals surface area contributed by atoms with Crippen LogP contribution < -0.4 is 0 Å². The molecule has 0 spiro atoms. The summed E-state index contributed by atoms with van der Waals surface area (Å²) in [7, 11) is 0. The second-order valence-corrected chi connectivity index (χ2v) is 9.95. The van der Waals surface area contributed by atoms with E-state index in [2.05, 4.69) is 12.1 Å². The average Bonchev–Trinajstić information content (AvgIpc) is 3.02. The number of aliphatic hydroxyl groups is 1. The second kappa shape index (κ2) is 13.1. The van der Waals surface area contributed by atoms with E-state index in [9.17, 15) is 20.4 Å². The maximum Gasteiger partial charge on any atom is 0.253 e. The molecule has 0 saturated carbocycles. The van der Waals surface area contributed by atoms with E-state index in [0.29, 0.717) is 56.1 Å². The Bertz CT molecular complexity index is 1330. The highest BCUT2D eigenvalue weighted by atomic mass is 16.3. The van der Waals surface area contributed by atoms with Gasteiger partial charge in [-0.3, -0.25) is 4.79 Å². The lowest BCUT2D eigenvalue weighted by atomic mass is 9.72. The Hall–Kier alpha value is -4.46. The highest BCUT2D eigenvalue weighted by molar-refractivity contribution is 5.95. The molecule has 0 aliphatic carbocycles. The number of carbonyl (C=O) groups excluding carboxylic acids is 1. The van der Waals surface area contributed by atoms with Crippen LogP contribution in [0.3, 0.4) is 0 Å². The number of amidine groups is 1. The number of rotatable bonds is 8. The van der Waals surface area contributed by atoms with Gasteiger partial charge in [-0.25, -0.2) is 4.99 Å². The summed E-state index contributed by atoms with van der Waals surface area (Å²) < 4.78 is 0. The van der Waals surface area contributed by atoms with Crippen LogP contribution in [0.2, 0.25) is 0 Å². The van der Waals surface area contributed by atoms with Gasteiger partial charge in [-0.1, -0.05) is 60.7 Å². The monoisotopic (exact) mass is 533 g/mol. The van der Waals surface area contributed by atoms with Crippen molar-refractivity contribution >= 4 is 17.4 Å². The number of piperidine rings is 1. The predicted molar refractivity (Wildman–Crippen MR) is 156 cm³/mol. The molecule has 4 rings (SSSR count). The fourth-order valence-electron chi connectivity index (χ4n) is 5.52. The Labute approximate surface area is 236 Å². The normalized spacial score (nSPS) is 14.4. The fraction of sp³-hybridized carbons (Fsp3) is 0.333. The van der Waals surface area contributed by atoms with E-state index in [4.69, 9.17) is 4.99 Å². The molecule has 0 atom stereocenters. The Kier molecular flexibility index (Phi) is 9.32. The molecule has 1 amide bonds. The smallest absolute Gasteiger partial charge is 0.253 e. The van der Waals surface area contributed by atoms with Crippen molar-refractivity contribution in [2.24, 2.45) is 16.8 Å². The Morgan fingerprint density at radius 3 is 1.88 bits per heavy atom. The number of amides is 1. The summed E-state index contributed by atoms with van der Waals surface area (Å²) in [6.07, 6.45) is 1.31. The minimum Gasteiger partial charge on any atom is -0.380 e. The van der Waals surface area contributed by atoms with Crippen LogP contribution in [0.5, 0.6) is 0 Å². The first-order chi connectivity index (χ1) is 19.5. The summed E-state index contributed by atoms with van der Waals surface area (Å²) in [4.78, 5) is 21.1. The van der Waals surface area contributed by atoms with Gasteiger partial charge >= 0.3 is 0 Å². The second-order valence-electron chi connectivity index (χ2n) is 9.95. The molecule has 204 valence electrons. The molecule has 1 aliphatic heterocycles. The van der Waals surface area contributed by atoms with Gasteiger partial charge in [0.1, 0.15) is 11.4 Å². The van der Waals surface area contributed by atoms with Crippen LogP contribution in [0.25, 0.3) is 0 Å². The van der Waals surface area contributed by atoms with E-state index < -0.39 is 11.5 Å². The number of nitriles is 2. The SMILES string of the molecule is CCN(CC)C(=O)c1ccc(N=C(C(C#N)C#N)N2CCC(C(O)(c3ccccc3)c3ccccc3)CC2)cc1. The summed E-state index contributed by atoms with van der Waals surface area (Å²) in [6, 6.07) is 30.6. The molecule has 1 heterocycles. The van der Waals surface area contributed by atoms with Crippen molar-refractivity contribution in [3.63, 3.8) is 0 Å². The third kappa shape index (κ3) is 5.91. The third-order valence-corrected chi connectivity index (χ3v) is 7.76. The summed E-state index contributed by atoms with van der Waals surface area (Å²) in [5.74, 6) is -0.744. The quantitative estimate of drug-likeness (QED) is 0.304. The van der Waals surface area contributed by atoms with Gasteiger partial charge in [0.2, 0.25) is 0 Å². The van der Waals surface area contributed by atoms with Crippen LogP contribution >= 0.6 is 0 Å². The molecule has 1 aliphatic rings. The van der Waals surface area contributed by atoms with Crippen LogP contribution in [-0.4, -0.2) is 52.8 Å². The number of benzene rings is 3. The topological polar surface area (TPSA) is 104 Å². The summed E-state index contributed by atoms with van der Waals surface area (Å²) >= 11 is 0. The van der Waals surface area contributed by atoms with Crippen LogP contribution in [0, 0.1) is 34.5 Å². The molecule has 1 fully saturated rings. The zero-order chi connectivity index (χ0) is 28.5. The summed E-state index contributed by atoms with van der Waals surface area (Å²) in [5, 5.41) is 31.7. The van der Waals surface area contributed by atoms with E-state index in [1.807, 2.05) is 79.4 Å². The number of carbonyl (C=O) groups is 1. The lowest BCUT2D eigenvalue weighted by Crippen LogP contribution is -2.47. The standard InChI is InChI=1S/C33H35N5O2/c1-3-37(4-2)32(39)25-15-17-30(18-16-25)36-31(26(23-34)24-35)38-21-19-29(20-22-38)33(40,27-11-7-5-8-12-27)28-13-9-6-10-14-28/h5-18,26,29,40H,3-4,19-22H2,1-2H3. The van der Waals surface area contributed by atoms with Crippen LogP contribution in [0.1, 0.15) is 48.2 Å². The highest BCUT2D eigenvalue weighted by Gasteiger charge is 2.42. The zero-order valence-electron chi connectivity index (χ0n) is 23.1. The molecular weight excluding hydrogens is 498 g/mol. The van der Waals surface area contributed by atoms with Gasteiger partial charge in [-0.15, -0.1) is 0 Å². The zero-order valence-corrected chi connectivity index (χ0v) is 23.1. The van der Waals surface area contributed by atoms with Gasteiger partial charge < -0.3 is 14.9 Å². The van der Waals surface area contributed by atoms with Crippen molar-refractivity contribution in [3.05, 3.63) is 102 Å². The van der Waals surface area contributed by atoms with Gasteiger partial charge in [0, 0.05) is 31.7 Å². The highest BCUT2D eigenvalue weighted by Crippen LogP contribution is 2.42. The van der Waals surface area contributed by atoms with Gasteiger partial charge in [0.15, 0.2) is 5.92 Å². The van der Waals surface area contributed by atoms with Gasteiger partial charge in [-0.2, -0.15) is 10.5 Å². The summed E-state index contributed by atoms with van der Waals surface area (Å²) in [5.41, 5.74) is 1.68. The van der Waals surface area contributed by atoms with Crippen molar-refractivity contribution in [3.8, 4) is 12.1 Å². The maximum absolute atomic E-state index is 12.7. The first kappa shape index (κ1) is 28.5. The fourth-order valence-corrected chi connectivity index (χ4v) is 5.52. The Morgan fingerprint density at radius 1 is 0.925 bits per heavy atom. The third-order valence-electron chi connectivity index (χ3n) is 7.76. The van der Waals surface area contributed by atoms with Crippen molar-refractivity contribution in [1.82, 2.24) is 9.80 Å². The molecule has 3 aromatic rings. The molecule has 7 nitrogen and oxygen atoms in total. The van der Waals surface area contributed by atoms with Crippen LogP contribution in [0.15, 0.2) is 89.9 Å². The molecule has 7 heteroatoms. The number of likely N-dealkylation sites (tertiary alicyclic amines) is 1. The number of nitrogens with zero attached hydrogens (tertiary/aromatic N) is 5. The molecule has 40 heavy (non-hydrogen) atoms. The van der Waals surface area contributed by atoms with E-state index in [1.165, 1.54) is 0 Å². The van der Waals surface area contributed by atoms with Crippen molar-refractivity contribution in [2.75, 3.05) is 26.2 Å². The van der Waals surface area contributed by atoms with Crippen molar-refractivity contribution in [1.29, 1.82) is 10.5 Å². The first-order valence-electron chi connectivity index (χ1n) is 13.8. The lowest BCUT2D eigenvalue weighted by molar-refractivity contribution is -0.00677.